The van der Waals surface area contributed by atoms with Gasteiger partial charge in [0, 0.05) is 24.5 Å². The molecule has 0 bridgehead atoms. The van der Waals surface area contributed by atoms with Gasteiger partial charge < -0.3 is 24.8 Å². The van der Waals surface area contributed by atoms with Crippen LogP contribution in [0.15, 0.2) is 55.1 Å². The number of rotatable bonds is 9. The van der Waals surface area contributed by atoms with Crippen LogP contribution in [0.1, 0.15) is 5.56 Å². The Balaban J connectivity index is 2.04. The van der Waals surface area contributed by atoms with Crippen LogP contribution in [0.5, 0.6) is 11.5 Å². The molecule has 2 N–H and O–H groups in total. The van der Waals surface area contributed by atoms with Crippen molar-refractivity contribution in [3.63, 3.8) is 0 Å². The Morgan fingerprint density at radius 1 is 1.22 bits per heavy atom. The highest BCUT2D eigenvalue weighted by Gasteiger charge is 2.07. The van der Waals surface area contributed by atoms with Gasteiger partial charge in [0.25, 0.3) is 0 Å². The summed E-state index contributed by atoms with van der Waals surface area (Å²) in [5.41, 5.74) is 1.95. The van der Waals surface area contributed by atoms with Crippen molar-refractivity contribution < 1.29 is 19.4 Å². The van der Waals surface area contributed by atoms with E-state index in [-0.39, 0.29) is 13.2 Å². The third-order valence-corrected chi connectivity index (χ3v) is 3.57. The molecule has 2 aromatic rings. The van der Waals surface area contributed by atoms with Gasteiger partial charge in [-0.15, -0.1) is 0 Å². The van der Waals surface area contributed by atoms with Crippen LogP contribution in [0.2, 0.25) is 0 Å². The molecule has 0 spiro atoms. The van der Waals surface area contributed by atoms with E-state index in [0.717, 1.165) is 16.3 Å². The van der Waals surface area contributed by atoms with Crippen LogP contribution in [0, 0.1) is 11.3 Å². The van der Waals surface area contributed by atoms with Gasteiger partial charge in [0.15, 0.2) is 0 Å². The van der Waals surface area contributed by atoms with Crippen LogP contribution in [0.3, 0.4) is 0 Å². The normalized spacial score (nSPS) is 9.78. The van der Waals surface area contributed by atoms with Crippen molar-refractivity contribution in [3.05, 3.63) is 60.7 Å². The number of nitrogens with one attached hydrogen (secondary N) is 1. The molecule has 0 aliphatic carbocycles. The fraction of sp³-hybridized carbons (Fsp3) is 0.200. The summed E-state index contributed by atoms with van der Waals surface area (Å²) in [5.74, 6) is 1.22. The number of carboxylic acid groups (broad SMARTS) is 1. The van der Waals surface area contributed by atoms with Gasteiger partial charge in [-0.3, -0.25) is 0 Å². The third-order valence-electron chi connectivity index (χ3n) is 3.57. The highest BCUT2D eigenvalue weighted by Crippen LogP contribution is 2.25. The maximum absolute atomic E-state index is 10.8. The van der Waals surface area contributed by atoms with E-state index in [4.69, 9.17) is 14.6 Å². The summed E-state index contributed by atoms with van der Waals surface area (Å²) in [6.07, 6.45) is 0.655. The van der Waals surface area contributed by atoms with E-state index in [2.05, 4.69) is 18.0 Å². The van der Waals surface area contributed by atoms with Crippen molar-refractivity contribution in [1.82, 2.24) is 4.90 Å². The van der Waals surface area contributed by atoms with Crippen LogP contribution < -0.4 is 14.8 Å². The zero-order chi connectivity index (χ0) is 19.6. The molecule has 0 radical (unpaired) electrons. The Hall–Kier alpha value is -3.66. The number of hydrogen-bond donors (Lipinski definition) is 2. The molecule has 0 aliphatic rings. The number of nitriles is 1. The zero-order valence-corrected chi connectivity index (χ0v) is 15.0. The minimum atomic E-state index is -1.02. The summed E-state index contributed by atoms with van der Waals surface area (Å²) in [6, 6.07) is 14.5. The average Bonchev–Trinajstić information content (AvgIpc) is 2.67. The summed E-state index contributed by atoms with van der Waals surface area (Å²) in [5, 5.41) is 21.3. The molecule has 27 heavy (non-hydrogen) atoms. The molecule has 1 amide bonds. The highest BCUT2D eigenvalue weighted by molar-refractivity contribution is 5.65. The number of likely N-dealkylation sites (N-methyl/N-ethyl adjacent to an activating group) is 1. The summed E-state index contributed by atoms with van der Waals surface area (Å²) >= 11 is 0. The molecule has 0 atom stereocenters. The van der Waals surface area contributed by atoms with Crippen molar-refractivity contribution in [3.8, 4) is 17.6 Å². The van der Waals surface area contributed by atoms with Gasteiger partial charge in [0.2, 0.25) is 0 Å². The molecule has 0 saturated heterocycles. The van der Waals surface area contributed by atoms with Gasteiger partial charge in [-0.2, -0.15) is 5.26 Å². The lowest BCUT2D eigenvalue weighted by atomic mass is 10.2. The van der Waals surface area contributed by atoms with E-state index in [9.17, 15) is 10.1 Å². The maximum atomic E-state index is 10.8. The van der Waals surface area contributed by atoms with E-state index in [1.54, 1.807) is 24.3 Å². The Labute approximate surface area is 158 Å². The lowest BCUT2D eigenvalue weighted by Gasteiger charge is -2.14. The first kappa shape index (κ1) is 19.7. The minimum absolute atomic E-state index is 0.187. The van der Waals surface area contributed by atoms with E-state index < -0.39 is 6.09 Å². The topological polar surface area (TPSA) is 94.8 Å². The van der Waals surface area contributed by atoms with Crippen molar-refractivity contribution >= 4 is 17.5 Å². The second kappa shape index (κ2) is 9.73. The zero-order valence-electron chi connectivity index (χ0n) is 15.0. The molecule has 0 saturated carbocycles. The van der Waals surface area contributed by atoms with Crippen LogP contribution in [0.4, 0.5) is 16.2 Å². The largest absolute Gasteiger partial charge is 0.492 e. The van der Waals surface area contributed by atoms with Gasteiger partial charge in [0.05, 0.1) is 18.2 Å². The Bertz CT molecular complexity index is 828. The van der Waals surface area contributed by atoms with Crippen LogP contribution in [0.25, 0.3) is 0 Å². The summed E-state index contributed by atoms with van der Waals surface area (Å²) in [7, 11) is 1.47. The number of ether oxygens (including phenoxy) is 2. The van der Waals surface area contributed by atoms with Gasteiger partial charge in [-0.1, -0.05) is 12.7 Å². The molecule has 2 aromatic carbocycles. The van der Waals surface area contributed by atoms with Gasteiger partial charge in [-0.25, -0.2) is 4.79 Å². The second-order valence-corrected chi connectivity index (χ2v) is 5.66. The molecular formula is C20H21N3O4. The van der Waals surface area contributed by atoms with E-state index in [1.165, 1.54) is 7.05 Å². The average molecular weight is 367 g/mol. The number of benzene rings is 2. The van der Waals surface area contributed by atoms with E-state index >= 15 is 0 Å². The monoisotopic (exact) mass is 367 g/mol. The van der Waals surface area contributed by atoms with Crippen LogP contribution in [-0.2, 0) is 0 Å². The number of anilines is 2. The SMILES string of the molecule is C=CCOc1ccc(Nc2cc(C#N)cc(OCCN(C)C(=O)O)c2)cc1. The molecule has 0 aliphatic heterocycles. The fourth-order valence-electron chi connectivity index (χ4n) is 2.17. The Morgan fingerprint density at radius 2 is 1.96 bits per heavy atom. The van der Waals surface area contributed by atoms with Crippen LogP contribution in [-0.4, -0.2) is 42.9 Å². The second-order valence-electron chi connectivity index (χ2n) is 5.66. The van der Waals surface area contributed by atoms with Crippen molar-refractivity contribution in [2.24, 2.45) is 0 Å². The number of nitrogens with zero attached hydrogens (tertiary/aromatic N) is 2. The van der Waals surface area contributed by atoms with Gasteiger partial charge in [0.1, 0.15) is 24.7 Å². The molecule has 7 nitrogen and oxygen atoms in total. The first-order valence-electron chi connectivity index (χ1n) is 8.24. The van der Waals surface area contributed by atoms with Crippen molar-refractivity contribution in [1.29, 1.82) is 5.26 Å². The summed E-state index contributed by atoms with van der Waals surface area (Å²) in [4.78, 5) is 11.9. The number of amides is 1. The first-order chi connectivity index (χ1) is 13.0. The smallest absolute Gasteiger partial charge is 0.407 e. The Morgan fingerprint density at radius 3 is 2.59 bits per heavy atom. The van der Waals surface area contributed by atoms with Crippen molar-refractivity contribution in [2.45, 2.75) is 0 Å². The molecule has 0 fully saturated rings. The van der Waals surface area contributed by atoms with E-state index in [0.29, 0.717) is 23.6 Å². The molecule has 7 heteroatoms. The summed E-state index contributed by atoms with van der Waals surface area (Å²) < 4.78 is 11.0. The quantitative estimate of drug-likeness (QED) is 0.654. The fourth-order valence-corrected chi connectivity index (χ4v) is 2.17. The maximum Gasteiger partial charge on any atom is 0.407 e. The number of carbonyl (C=O) groups is 1. The lowest BCUT2D eigenvalue weighted by Crippen LogP contribution is -2.29. The van der Waals surface area contributed by atoms with Crippen LogP contribution >= 0.6 is 0 Å². The standard InChI is InChI=1S/C20H21N3O4/c1-3-9-26-18-6-4-16(5-7-18)22-17-11-15(14-21)12-19(13-17)27-10-8-23(2)20(24)25/h3-7,11-13,22H,1,8-10H2,2H3,(H,24,25). The highest BCUT2D eigenvalue weighted by atomic mass is 16.5. The predicted molar refractivity (Wildman–Crippen MR) is 103 cm³/mol. The third kappa shape index (κ3) is 6.29. The molecule has 140 valence electrons. The lowest BCUT2D eigenvalue weighted by molar-refractivity contribution is 0.147. The van der Waals surface area contributed by atoms with Gasteiger partial charge in [-0.05, 0) is 36.4 Å². The van der Waals surface area contributed by atoms with Crippen molar-refractivity contribution in [2.75, 3.05) is 32.1 Å². The molecule has 0 aromatic heterocycles. The minimum Gasteiger partial charge on any atom is -0.492 e. The Kier molecular flexibility index (Phi) is 7.08. The first-order valence-corrected chi connectivity index (χ1v) is 8.24. The predicted octanol–water partition coefficient (Wildman–Crippen LogP) is 3.86. The number of hydrogen-bond acceptors (Lipinski definition) is 5. The summed E-state index contributed by atoms with van der Waals surface area (Å²) in [6.45, 7) is 4.46. The molecular weight excluding hydrogens is 346 g/mol. The molecule has 2 rings (SSSR count). The molecule has 0 unspecified atom stereocenters. The molecule has 0 heterocycles. The van der Waals surface area contributed by atoms with Gasteiger partial charge >= 0.3 is 6.09 Å². The van der Waals surface area contributed by atoms with E-state index in [1.807, 2.05) is 24.3 Å².